The molecule has 9 heteroatoms. The Morgan fingerprint density at radius 1 is 1.30 bits per heavy atom. The van der Waals surface area contributed by atoms with Crippen LogP contribution in [0, 0.1) is 6.92 Å². The molecule has 0 aliphatic carbocycles. The molecule has 0 spiro atoms. The second-order valence-electron chi connectivity index (χ2n) is 6.58. The van der Waals surface area contributed by atoms with Crippen molar-refractivity contribution in [3.63, 3.8) is 0 Å². The summed E-state index contributed by atoms with van der Waals surface area (Å²) < 4.78 is 7.66. The molecule has 0 aromatic carbocycles. The van der Waals surface area contributed by atoms with Crippen LogP contribution in [0.4, 0.5) is 0 Å². The highest BCUT2D eigenvalue weighted by atomic mass is 127. The Labute approximate surface area is 177 Å². The summed E-state index contributed by atoms with van der Waals surface area (Å²) in [6.45, 7) is 8.31. The van der Waals surface area contributed by atoms with Crippen LogP contribution in [0.3, 0.4) is 0 Å². The van der Waals surface area contributed by atoms with Gasteiger partial charge in [-0.3, -0.25) is 9.58 Å². The normalized spacial score (nSPS) is 16.2. The molecule has 0 saturated carbocycles. The molecule has 2 aromatic heterocycles. The number of hydrogen-bond donors (Lipinski definition) is 2. The van der Waals surface area contributed by atoms with Crippen molar-refractivity contribution in [1.82, 2.24) is 30.3 Å². The minimum Gasteiger partial charge on any atom is -0.465 e. The van der Waals surface area contributed by atoms with Crippen molar-refractivity contribution >= 4 is 29.9 Å². The summed E-state index contributed by atoms with van der Waals surface area (Å²) in [5.41, 5.74) is 0. The number of guanidine groups is 1. The Morgan fingerprint density at radius 3 is 2.67 bits per heavy atom. The molecular formula is C18H30IN7O. The monoisotopic (exact) mass is 487 g/mol. The van der Waals surface area contributed by atoms with Gasteiger partial charge in [0.2, 0.25) is 0 Å². The lowest BCUT2D eigenvalue weighted by atomic mass is 10.2. The molecule has 1 atom stereocenters. The van der Waals surface area contributed by atoms with Gasteiger partial charge in [-0.05, 0) is 51.9 Å². The van der Waals surface area contributed by atoms with Crippen molar-refractivity contribution in [3.8, 4) is 0 Å². The van der Waals surface area contributed by atoms with Crippen molar-refractivity contribution in [2.24, 2.45) is 12.0 Å². The van der Waals surface area contributed by atoms with Gasteiger partial charge in [-0.1, -0.05) is 0 Å². The summed E-state index contributed by atoms with van der Waals surface area (Å²) in [4.78, 5) is 11.3. The number of nitrogens with zero attached hydrogens (tertiary/aromatic N) is 5. The molecule has 1 fully saturated rings. The van der Waals surface area contributed by atoms with E-state index in [1.54, 1.807) is 11.0 Å². The van der Waals surface area contributed by atoms with Crippen LogP contribution in [0.2, 0.25) is 0 Å². The molecule has 0 bridgehead atoms. The summed E-state index contributed by atoms with van der Waals surface area (Å²) >= 11 is 0. The van der Waals surface area contributed by atoms with Gasteiger partial charge in [0, 0.05) is 20.1 Å². The zero-order valence-electron chi connectivity index (χ0n) is 16.3. The first kappa shape index (κ1) is 21.7. The van der Waals surface area contributed by atoms with Gasteiger partial charge >= 0.3 is 0 Å². The first-order valence-corrected chi connectivity index (χ1v) is 9.32. The Bertz CT molecular complexity index is 721. The van der Waals surface area contributed by atoms with Crippen LogP contribution in [0.1, 0.15) is 43.2 Å². The lowest BCUT2D eigenvalue weighted by Gasteiger charge is -2.26. The van der Waals surface area contributed by atoms with Crippen molar-refractivity contribution in [1.29, 1.82) is 0 Å². The summed E-state index contributed by atoms with van der Waals surface area (Å²) in [5.74, 6) is 3.58. The molecule has 1 unspecified atom stereocenters. The summed E-state index contributed by atoms with van der Waals surface area (Å²) in [5, 5.41) is 10.9. The van der Waals surface area contributed by atoms with Gasteiger partial charge in [0.25, 0.3) is 0 Å². The third-order valence-corrected chi connectivity index (χ3v) is 4.66. The number of nitrogens with one attached hydrogen (secondary N) is 2. The maximum Gasteiger partial charge on any atom is 0.191 e. The average molecular weight is 487 g/mol. The fourth-order valence-electron chi connectivity index (χ4n) is 3.24. The summed E-state index contributed by atoms with van der Waals surface area (Å²) in [6.07, 6.45) is 4.04. The molecule has 27 heavy (non-hydrogen) atoms. The Morgan fingerprint density at radius 2 is 2.07 bits per heavy atom. The highest BCUT2D eigenvalue weighted by Crippen LogP contribution is 2.26. The van der Waals surface area contributed by atoms with Crippen molar-refractivity contribution in [3.05, 3.63) is 35.8 Å². The number of aryl methyl sites for hydroxylation is 2. The van der Waals surface area contributed by atoms with Crippen LogP contribution in [-0.4, -0.2) is 51.8 Å². The smallest absolute Gasteiger partial charge is 0.191 e. The highest BCUT2D eigenvalue weighted by molar-refractivity contribution is 14.0. The molecular weight excluding hydrogens is 457 g/mol. The third kappa shape index (κ3) is 5.93. The standard InChI is InChI=1S/C18H29N7O.HI/c1-4-19-18(21-12-17-22-13-23-24(17)3)20-11-15(25-9-5-6-10-25)16-8-7-14(2)26-16;/h7-8,13,15H,4-6,9-12H2,1-3H3,(H2,19,20,21);1H. The Balaban J connectivity index is 0.00000261. The van der Waals surface area contributed by atoms with Crippen molar-refractivity contribution < 1.29 is 4.42 Å². The lowest BCUT2D eigenvalue weighted by Crippen LogP contribution is -2.42. The third-order valence-electron chi connectivity index (χ3n) is 4.66. The van der Waals surface area contributed by atoms with Crippen molar-refractivity contribution in [2.45, 2.75) is 39.3 Å². The number of rotatable bonds is 7. The minimum atomic E-state index is 0. The molecule has 1 aliphatic rings. The molecule has 2 N–H and O–H groups in total. The van der Waals surface area contributed by atoms with Gasteiger partial charge in [0.1, 0.15) is 30.2 Å². The number of aromatic nitrogens is 3. The van der Waals surface area contributed by atoms with E-state index in [9.17, 15) is 0 Å². The maximum absolute atomic E-state index is 5.92. The highest BCUT2D eigenvalue weighted by Gasteiger charge is 2.26. The zero-order chi connectivity index (χ0) is 18.4. The molecule has 150 valence electrons. The van der Waals surface area contributed by atoms with Gasteiger partial charge in [-0.15, -0.1) is 24.0 Å². The maximum atomic E-state index is 5.92. The van der Waals surface area contributed by atoms with E-state index < -0.39 is 0 Å². The fraction of sp³-hybridized carbons (Fsp3) is 0.611. The van der Waals surface area contributed by atoms with E-state index in [2.05, 4.69) is 43.6 Å². The van der Waals surface area contributed by atoms with Crippen LogP contribution >= 0.6 is 24.0 Å². The fourth-order valence-corrected chi connectivity index (χ4v) is 3.24. The second-order valence-corrected chi connectivity index (χ2v) is 6.58. The number of furan rings is 1. The van der Waals surface area contributed by atoms with E-state index in [-0.39, 0.29) is 30.0 Å². The molecule has 8 nitrogen and oxygen atoms in total. The molecule has 3 heterocycles. The van der Waals surface area contributed by atoms with E-state index in [4.69, 9.17) is 4.42 Å². The van der Waals surface area contributed by atoms with Crippen LogP contribution in [0.15, 0.2) is 27.9 Å². The Hall–Kier alpha value is -1.62. The summed E-state index contributed by atoms with van der Waals surface area (Å²) in [7, 11) is 1.88. The van der Waals surface area contributed by atoms with Gasteiger partial charge < -0.3 is 15.1 Å². The number of hydrogen-bond acceptors (Lipinski definition) is 5. The lowest BCUT2D eigenvalue weighted by molar-refractivity contribution is 0.213. The van der Waals surface area contributed by atoms with Gasteiger partial charge in [0.05, 0.1) is 6.04 Å². The van der Waals surface area contributed by atoms with Gasteiger partial charge in [-0.25, -0.2) is 9.98 Å². The van der Waals surface area contributed by atoms with Crippen molar-refractivity contribution in [2.75, 3.05) is 26.2 Å². The van der Waals surface area contributed by atoms with Crippen LogP contribution in [0.5, 0.6) is 0 Å². The van der Waals surface area contributed by atoms with Gasteiger partial charge in [0.15, 0.2) is 5.96 Å². The van der Waals surface area contributed by atoms with E-state index in [0.29, 0.717) is 6.54 Å². The van der Waals surface area contributed by atoms with E-state index in [1.807, 2.05) is 20.0 Å². The molecule has 0 radical (unpaired) electrons. The molecule has 2 aromatic rings. The average Bonchev–Trinajstić information content (AvgIpc) is 3.36. The number of halogens is 1. The first-order chi connectivity index (χ1) is 12.7. The topological polar surface area (TPSA) is 83.5 Å². The van der Waals surface area contributed by atoms with Gasteiger partial charge in [-0.2, -0.15) is 5.10 Å². The first-order valence-electron chi connectivity index (χ1n) is 9.32. The zero-order valence-corrected chi connectivity index (χ0v) is 18.6. The van der Waals surface area contributed by atoms with E-state index in [1.165, 1.54) is 12.8 Å². The molecule has 1 aliphatic heterocycles. The SMILES string of the molecule is CCNC(=NCc1ncnn1C)NCC(c1ccc(C)o1)N1CCCC1.I. The predicted molar refractivity (Wildman–Crippen MR) is 116 cm³/mol. The molecule has 0 amide bonds. The minimum absolute atomic E-state index is 0. The van der Waals surface area contributed by atoms with Crippen LogP contribution in [-0.2, 0) is 13.6 Å². The van der Waals surface area contributed by atoms with Crippen LogP contribution in [0.25, 0.3) is 0 Å². The molecule has 1 saturated heterocycles. The molecule has 3 rings (SSSR count). The quantitative estimate of drug-likeness (QED) is 0.354. The predicted octanol–water partition coefficient (Wildman–Crippen LogP) is 2.23. The second kappa shape index (κ2) is 10.6. The largest absolute Gasteiger partial charge is 0.465 e. The van der Waals surface area contributed by atoms with Crippen LogP contribution < -0.4 is 10.6 Å². The van der Waals surface area contributed by atoms with E-state index in [0.717, 1.165) is 49.5 Å². The summed E-state index contributed by atoms with van der Waals surface area (Å²) in [6, 6.07) is 4.33. The number of likely N-dealkylation sites (tertiary alicyclic amines) is 1. The van der Waals surface area contributed by atoms with E-state index >= 15 is 0 Å². The Kier molecular flexibility index (Phi) is 8.55. The number of aliphatic imine (C=N–C) groups is 1.